The van der Waals surface area contributed by atoms with E-state index in [1.807, 2.05) is 25.1 Å². The van der Waals surface area contributed by atoms with Crippen LogP contribution < -0.4 is 10.6 Å². The number of nitrogens with one attached hydrogen (secondary N) is 2. The van der Waals surface area contributed by atoms with Gasteiger partial charge in [-0.25, -0.2) is 4.79 Å². The van der Waals surface area contributed by atoms with Crippen molar-refractivity contribution >= 4 is 17.7 Å². The van der Waals surface area contributed by atoms with Gasteiger partial charge in [0, 0.05) is 18.2 Å². The summed E-state index contributed by atoms with van der Waals surface area (Å²) >= 11 is 0. The highest BCUT2D eigenvalue weighted by Crippen LogP contribution is 2.32. The number of para-hydroxylation sites is 1. The van der Waals surface area contributed by atoms with E-state index in [-0.39, 0.29) is 18.5 Å². The predicted octanol–water partition coefficient (Wildman–Crippen LogP) is 2.62. The van der Waals surface area contributed by atoms with E-state index in [9.17, 15) is 9.59 Å². The molecular weight excluding hydrogens is 256 g/mol. The molecule has 20 heavy (non-hydrogen) atoms. The second-order valence-corrected chi connectivity index (χ2v) is 5.28. The average molecular weight is 276 g/mol. The molecule has 5 heteroatoms. The van der Waals surface area contributed by atoms with Gasteiger partial charge in [0.15, 0.2) is 0 Å². The smallest absolute Gasteiger partial charge is 0.319 e. The van der Waals surface area contributed by atoms with Crippen molar-refractivity contribution in [3.63, 3.8) is 0 Å². The number of hydrogen-bond donors (Lipinski definition) is 3. The van der Waals surface area contributed by atoms with E-state index in [0.717, 1.165) is 5.56 Å². The molecule has 108 valence electrons. The number of aryl methyl sites for hydroxylation is 1. The van der Waals surface area contributed by atoms with Crippen molar-refractivity contribution in [3.8, 4) is 0 Å². The van der Waals surface area contributed by atoms with Crippen molar-refractivity contribution in [1.29, 1.82) is 0 Å². The van der Waals surface area contributed by atoms with Crippen molar-refractivity contribution < 1.29 is 14.7 Å². The maximum Gasteiger partial charge on any atom is 0.319 e. The van der Waals surface area contributed by atoms with Crippen LogP contribution in [-0.2, 0) is 11.2 Å². The van der Waals surface area contributed by atoms with Gasteiger partial charge in [-0.05, 0) is 43.7 Å². The van der Waals surface area contributed by atoms with Crippen molar-refractivity contribution in [2.75, 3.05) is 5.32 Å². The summed E-state index contributed by atoms with van der Waals surface area (Å²) in [7, 11) is 0. The summed E-state index contributed by atoms with van der Waals surface area (Å²) < 4.78 is 0. The third-order valence-corrected chi connectivity index (χ3v) is 3.56. The first kappa shape index (κ1) is 14.4. The fourth-order valence-corrected chi connectivity index (χ4v) is 2.18. The van der Waals surface area contributed by atoms with Crippen molar-refractivity contribution in [2.24, 2.45) is 5.92 Å². The minimum absolute atomic E-state index is 0.0544. The quantitative estimate of drug-likeness (QED) is 0.747. The molecule has 0 radical (unpaired) electrons. The fraction of sp³-hybridized carbons (Fsp3) is 0.467. The number of benzene rings is 1. The zero-order valence-electron chi connectivity index (χ0n) is 11.6. The molecule has 2 rings (SSSR count). The Kier molecular flexibility index (Phi) is 4.61. The van der Waals surface area contributed by atoms with E-state index in [1.54, 1.807) is 6.07 Å². The van der Waals surface area contributed by atoms with Gasteiger partial charge in [-0.3, -0.25) is 4.79 Å². The summed E-state index contributed by atoms with van der Waals surface area (Å²) in [6.45, 7) is 2.01. The minimum Gasteiger partial charge on any atom is -0.481 e. The fourth-order valence-electron chi connectivity index (χ4n) is 2.18. The molecular formula is C15H20N2O3. The van der Waals surface area contributed by atoms with Gasteiger partial charge in [-0.15, -0.1) is 0 Å². The molecule has 1 fully saturated rings. The molecule has 3 N–H and O–H groups in total. The van der Waals surface area contributed by atoms with Crippen LogP contribution >= 0.6 is 0 Å². The van der Waals surface area contributed by atoms with Gasteiger partial charge in [0.25, 0.3) is 0 Å². The van der Waals surface area contributed by atoms with E-state index >= 15 is 0 Å². The zero-order chi connectivity index (χ0) is 14.5. The topological polar surface area (TPSA) is 78.4 Å². The third kappa shape index (κ3) is 4.26. The summed E-state index contributed by atoms with van der Waals surface area (Å²) in [6.07, 6.45) is 2.82. The maximum absolute atomic E-state index is 11.9. The van der Waals surface area contributed by atoms with Crippen LogP contribution in [0.4, 0.5) is 10.5 Å². The molecule has 0 aromatic heterocycles. The number of carboxylic acid groups (broad SMARTS) is 1. The average Bonchev–Trinajstić information content (AvgIpc) is 3.21. The zero-order valence-corrected chi connectivity index (χ0v) is 11.6. The molecule has 1 saturated carbocycles. The van der Waals surface area contributed by atoms with Crippen molar-refractivity contribution in [2.45, 2.75) is 38.6 Å². The maximum atomic E-state index is 11.9. The van der Waals surface area contributed by atoms with Gasteiger partial charge in [-0.2, -0.15) is 0 Å². The lowest BCUT2D eigenvalue weighted by atomic mass is 10.1. The summed E-state index contributed by atoms with van der Waals surface area (Å²) in [5.74, 6) is -0.241. The Morgan fingerprint density at radius 2 is 2.05 bits per heavy atom. The van der Waals surface area contributed by atoms with Crippen LogP contribution in [0.1, 0.15) is 31.7 Å². The lowest BCUT2D eigenvalue weighted by Gasteiger charge is -2.15. The van der Waals surface area contributed by atoms with Crippen molar-refractivity contribution in [3.05, 3.63) is 29.8 Å². The van der Waals surface area contributed by atoms with Gasteiger partial charge in [-0.1, -0.05) is 18.2 Å². The first-order valence-corrected chi connectivity index (χ1v) is 6.93. The van der Waals surface area contributed by atoms with E-state index in [0.29, 0.717) is 18.0 Å². The van der Waals surface area contributed by atoms with Gasteiger partial charge in [0.1, 0.15) is 0 Å². The first-order valence-electron chi connectivity index (χ1n) is 6.93. The van der Waals surface area contributed by atoms with Crippen LogP contribution in [0.25, 0.3) is 0 Å². The SMILES string of the molecule is CC(NC(=O)Nc1ccccc1CCC(=O)O)C1CC1. The van der Waals surface area contributed by atoms with Crippen LogP contribution in [0.15, 0.2) is 24.3 Å². The Morgan fingerprint density at radius 1 is 1.35 bits per heavy atom. The van der Waals surface area contributed by atoms with E-state index in [2.05, 4.69) is 10.6 Å². The highest BCUT2D eigenvalue weighted by atomic mass is 16.4. The summed E-state index contributed by atoms with van der Waals surface area (Å²) in [6, 6.07) is 7.24. The molecule has 1 aliphatic carbocycles. The number of carbonyl (C=O) groups excluding carboxylic acids is 1. The van der Waals surface area contributed by atoms with Crippen LogP contribution in [-0.4, -0.2) is 23.1 Å². The van der Waals surface area contributed by atoms with E-state index in [1.165, 1.54) is 12.8 Å². The molecule has 5 nitrogen and oxygen atoms in total. The summed E-state index contributed by atoms with van der Waals surface area (Å²) in [5, 5.41) is 14.5. The molecule has 0 saturated heterocycles. The molecule has 1 unspecified atom stereocenters. The molecule has 0 bridgehead atoms. The predicted molar refractivity (Wildman–Crippen MR) is 76.7 cm³/mol. The monoisotopic (exact) mass is 276 g/mol. The van der Waals surface area contributed by atoms with Crippen LogP contribution in [0.2, 0.25) is 0 Å². The second-order valence-electron chi connectivity index (χ2n) is 5.28. The molecule has 1 aromatic rings. The molecule has 0 spiro atoms. The minimum atomic E-state index is -0.841. The number of hydrogen-bond acceptors (Lipinski definition) is 2. The van der Waals surface area contributed by atoms with Gasteiger partial charge in [0.2, 0.25) is 0 Å². The number of amides is 2. The lowest BCUT2D eigenvalue weighted by Crippen LogP contribution is -2.37. The number of urea groups is 1. The number of anilines is 1. The highest BCUT2D eigenvalue weighted by Gasteiger charge is 2.28. The molecule has 0 heterocycles. The Labute approximate surface area is 118 Å². The Balaban J connectivity index is 1.93. The Bertz CT molecular complexity index is 498. The first-order chi connectivity index (χ1) is 9.56. The van der Waals surface area contributed by atoms with Gasteiger partial charge < -0.3 is 15.7 Å². The molecule has 0 aliphatic heterocycles. The highest BCUT2D eigenvalue weighted by molar-refractivity contribution is 5.90. The largest absolute Gasteiger partial charge is 0.481 e. The molecule has 1 aliphatic rings. The summed E-state index contributed by atoms with van der Waals surface area (Å²) in [5.41, 5.74) is 1.51. The Morgan fingerprint density at radius 3 is 2.70 bits per heavy atom. The standard InChI is InChI=1S/C15H20N2O3/c1-10(11-6-7-11)16-15(20)17-13-5-3-2-4-12(13)8-9-14(18)19/h2-5,10-11H,6-9H2,1H3,(H,18,19)(H2,16,17,20). The molecule has 2 amide bonds. The summed E-state index contributed by atoms with van der Waals surface area (Å²) in [4.78, 5) is 22.5. The second kappa shape index (κ2) is 6.41. The number of carbonyl (C=O) groups is 2. The van der Waals surface area contributed by atoms with Crippen LogP contribution in [0, 0.1) is 5.92 Å². The van der Waals surface area contributed by atoms with E-state index in [4.69, 9.17) is 5.11 Å². The van der Waals surface area contributed by atoms with Crippen LogP contribution in [0.3, 0.4) is 0 Å². The lowest BCUT2D eigenvalue weighted by molar-refractivity contribution is -0.136. The van der Waals surface area contributed by atoms with Gasteiger partial charge >= 0.3 is 12.0 Å². The third-order valence-electron chi connectivity index (χ3n) is 3.56. The number of carboxylic acids is 1. The van der Waals surface area contributed by atoms with Crippen molar-refractivity contribution in [1.82, 2.24) is 5.32 Å². The Hall–Kier alpha value is -2.04. The normalized spacial score (nSPS) is 15.4. The number of rotatable bonds is 6. The molecule has 1 atom stereocenters. The van der Waals surface area contributed by atoms with Crippen LogP contribution in [0.5, 0.6) is 0 Å². The molecule has 1 aromatic carbocycles. The van der Waals surface area contributed by atoms with E-state index < -0.39 is 5.97 Å². The number of aliphatic carboxylic acids is 1. The van der Waals surface area contributed by atoms with Gasteiger partial charge in [0.05, 0.1) is 0 Å².